The summed E-state index contributed by atoms with van der Waals surface area (Å²) >= 11 is 0. The minimum absolute atomic E-state index is 0.234. The maximum atomic E-state index is 12.6. The van der Waals surface area contributed by atoms with Gasteiger partial charge in [0.25, 0.3) is 11.8 Å². The van der Waals surface area contributed by atoms with Crippen molar-refractivity contribution in [1.29, 1.82) is 0 Å². The second kappa shape index (κ2) is 9.91. The van der Waals surface area contributed by atoms with Gasteiger partial charge in [0.15, 0.2) is 0 Å². The van der Waals surface area contributed by atoms with Gasteiger partial charge in [-0.25, -0.2) is 4.79 Å². The van der Waals surface area contributed by atoms with Gasteiger partial charge in [0.2, 0.25) is 0 Å². The molecule has 2 amide bonds. The Morgan fingerprint density at radius 1 is 1.00 bits per heavy atom. The second-order valence-electron chi connectivity index (χ2n) is 5.67. The van der Waals surface area contributed by atoms with E-state index in [-0.39, 0.29) is 12.5 Å². The fourth-order valence-corrected chi connectivity index (χ4v) is 2.39. The lowest BCUT2D eigenvalue weighted by Crippen LogP contribution is -2.29. The molecule has 6 nitrogen and oxygen atoms in total. The van der Waals surface area contributed by atoms with Crippen molar-refractivity contribution in [3.05, 3.63) is 77.9 Å². The Morgan fingerprint density at radius 2 is 1.67 bits per heavy atom. The van der Waals surface area contributed by atoms with Crippen molar-refractivity contribution in [3.8, 4) is 0 Å². The van der Waals surface area contributed by atoms with Crippen molar-refractivity contribution >= 4 is 23.5 Å². The summed E-state index contributed by atoms with van der Waals surface area (Å²) in [6, 6.07) is 16.3. The van der Waals surface area contributed by atoms with Gasteiger partial charge >= 0.3 is 5.97 Å². The monoisotopic (exact) mass is 366 g/mol. The maximum absolute atomic E-state index is 12.6. The van der Waals surface area contributed by atoms with E-state index in [0.29, 0.717) is 17.8 Å². The number of nitrogens with zero attached hydrogens (tertiary/aromatic N) is 1. The zero-order chi connectivity index (χ0) is 19.6. The maximum Gasteiger partial charge on any atom is 0.330 e. The standard InChI is InChI=1S/C21H22N2O4/c1-3-27-20(25)14-13-19(24)23(2)18-12-8-7-11-17(18)21(26)22-15-16-9-5-4-6-10-16/h4-14H,3,15H2,1-2H3,(H,22,26). The molecule has 140 valence electrons. The Hall–Kier alpha value is -3.41. The van der Waals surface area contributed by atoms with E-state index < -0.39 is 11.9 Å². The second-order valence-corrected chi connectivity index (χ2v) is 5.67. The number of anilines is 1. The lowest BCUT2D eigenvalue weighted by molar-refractivity contribution is -0.137. The number of para-hydroxylation sites is 1. The number of hydrogen-bond acceptors (Lipinski definition) is 4. The van der Waals surface area contributed by atoms with Crippen LogP contribution in [-0.4, -0.2) is 31.4 Å². The molecule has 0 aliphatic heterocycles. The third kappa shape index (κ3) is 5.81. The van der Waals surface area contributed by atoms with Crippen LogP contribution in [-0.2, 0) is 20.9 Å². The van der Waals surface area contributed by atoms with Crippen LogP contribution in [0.5, 0.6) is 0 Å². The first-order chi connectivity index (χ1) is 13.0. The smallest absolute Gasteiger partial charge is 0.330 e. The molecule has 0 saturated heterocycles. The van der Waals surface area contributed by atoms with Crippen molar-refractivity contribution in [2.45, 2.75) is 13.5 Å². The van der Waals surface area contributed by atoms with Gasteiger partial charge in [0.05, 0.1) is 17.9 Å². The largest absolute Gasteiger partial charge is 0.463 e. The van der Waals surface area contributed by atoms with Gasteiger partial charge in [-0.15, -0.1) is 0 Å². The van der Waals surface area contributed by atoms with Crippen molar-refractivity contribution < 1.29 is 19.1 Å². The van der Waals surface area contributed by atoms with Crippen LogP contribution in [0.1, 0.15) is 22.8 Å². The number of rotatable bonds is 7. The van der Waals surface area contributed by atoms with E-state index >= 15 is 0 Å². The van der Waals surface area contributed by atoms with Crippen LogP contribution < -0.4 is 10.2 Å². The van der Waals surface area contributed by atoms with E-state index in [0.717, 1.165) is 17.7 Å². The number of ether oxygens (including phenoxy) is 1. The Balaban J connectivity index is 2.10. The van der Waals surface area contributed by atoms with Crippen LogP contribution in [0.25, 0.3) is 0 Å². The van der Waals surface area contributed by atoms with Gasteiger partial charge in [-0.1, -0.05) is 42.5 Å². The third-order valence-corrected chi connectivity index (χ3v) is 3.79. The molecule has 0 aromatic heterocycles. The summed E-state index contributed by atoms with van der Waals surface area (Å²) < 4.78 is 4.75. The predicted molar refractivity (Wildman–Crippen MR) is 103 cm³/mol. The van der Waals surface area contributed by atoms with Gasteiger partial charge < -0.3 is 15.0 Å². The summed E-state index contributed by atoms with van der Waals surface area (Å²) in [7, 11) is 1.54. The lowest BCUT2D eigenvalue weighted by Gasteiger charge is -2.19. The van der Waals surface area contributed by atoms with Gasteiger partial charge in [0, 0.05) is 25.7 Å². The highest BCUT2D eigenvalue weighted by Crippen LogP contribution is 2.19. The van der Waals surface area contributed by atoms with Gasteiger partial charge in [-0.05, 0) is 24.6 Å². The molecule has 6 heteroatoms. The summed E-state index contributed by atoms with van der Waals surface area (Å²) in [6.07, 6.45) is 2.19. The van der Waals surface area contributed by atoms with Crippen molar-refractivity contribution in [1.82, 2.24) is 5.32 Å². The molecule has 0 heterocycles. The van der Waals surface area contributed by atoms with Crippen LogP contribution in [0.2, 0.25) is 0 Å². The molecule has 0 saturated carbocycles. The normalized spacial score (nSPS) is 10.4. The van der Waals surface area contributed by atoms with Crippen LogP contribution in [0.15, 0.2) is 66.7 Å². The van der Waals surface area contributed by atoms with E-state index in [4.69, 9.17) is 4.74 Å². The topological polar surface area (TPSA) is 75.7 Å². The molecule has 2 rings (SSSR count). The molecule has 0 bridgehead atoms. The highest BCUT2D eigenvalue weighted by atomic mass is 16.5. The molecular formula is C21H22N2O4. The van der Waals surface area contributed by atoms with Gasteiger partial charge in [0.1, 0.15) is 0 Å². The van der Waals surface area contributed by atoms with Crippen molar-refractivity contribution in [2.24, 2.45) is 0 Å². The summed E-state index contributed by atoms with van der Waals surface area (Å²) in [5.74, 6) is -1.32. The van der Waals surface area contributed by atoms with Crippen LogP contribution in [0.4, 0.5) is 5.69 Å². The molecular weight excluding hydrogens is 344 g/mol. The van der Waals surface area contributed by atoms with Crippen molar-refractivity contribution in [3.63, 3.8) is 0 Å². The number of hydrogen-bond donors (Lipinski definition) is 1. The molecule has 0 radical (unpaired) electrons. The average molecular weight is 366 g/mol. The predicted octanol–water partition coefficient (Wildman–Crippen LogP) is 2.70. The molecule has 2 aromatic rings. The van der Waals surface area contributed by atoms with E-state index in [1.165, 1.54) is 4.90 Å². The number of carbonyl (C=O) groups is 3. The Kier molecular flexibility index (Phi) is 7.31. The SMILES string of the molecule is CCOC(=O)C=CC(=O)N(C)c1ccccc1C(=O)NCc1ccccc1. The molecule has 0 spiro atoms. The fourth-order valence-electron chi connectivity index (χ4n) is 2.39. The molecule has 0 unspecified atom stereocenters. The molecule has 0 aliphatic rings. The Labute approximate surface area is 158 Å². The first-order valence-electron chi connectivity index (χ1n) is 8.56. The summed E-state index contributed by atoms with van der Waals surface area (Å²) in [6.45, 7) is 2.30. The molecule has 27 heavy (non-hydrogen) atoms. The zero-order valence-corrected chi connectivity index (χ0v) is 15.3. The summed E-state index contributed by atoms with van der Waals surface area (Å²) in [5.41, 5.74) is 1.79. The first-order valence-corrected chi connectivity index (χ1v) is 8.56. The van der Waals surface area contributed by atoms with Gasteiger partial charge in [-0.2, -0.15) is 0 Å². The first kappa shape index (κ1) is 19.9. The number of amides is 2. The van der Waals surface area contributed by atoms with E-state index in [9.17, 15) is 14.4 Å². The van der Waals surface area contributed by atoms with Gasteiger partial charge in [-0.3, -0.25) is 9.59 Å². The number of likely N-dealkylation sites (N-methyl/N-ethyl adjacent to an activating group) is 1. The minimum atomic E-state index is -0.590. The average Bonchev–Trinajstić information content (AvgIpc) is 2.70. The summed E-state index contributed by atoms with van der Waals surface area (Å²) in [5, 5.41) is 2.85. The van der Waals surface area contributed by atoms with Crippen LogP contribution in [0, 0.1) is 0 Å². The van der Waals surface area contributed by atoms with Crippen molar-refractivity contribution in [2.75, 3.05) is 18.6 Å². The number of nitrogens with one attached hydrogen (secondary N) is 1. The number of carbonyl (C=O) groups excluding carboxylic acids is 3. The minimum Gasteiger partial charge on any atom is -0.463 e. The zero-order valence-electron chi connectivity index (χ0n) is 15.3. The molecule has 2 aromatic carbocycles. The fraction of sp³-hybridized carbons (Fsp3) is 0.190. The van der Waals surface area contributed by atoms with E-state index in [1.807, 2.05) is 30.3 Å². The Bertz CT molecular complexity index is 831. The van der Waals surface area contributed by atoms with E-state index in [2.05, 4.69) is 5.32 Å². The number of esters is 1. The van der Waals surface area contributed by atoms with Crippen LogP contribution in [0.3, 0.4) is 0 Å². The molecule has 0 aliphatic carbocycles. The molecule has 0 atom stereocenters. The molecule has 0 fully saturated rings. The van der Waals surface area contributed by atoms with Crippen LogP contribution >= 0.6 is 0 Å². The quantitative estimate of drug-likeness (QED) is 0.604. The Morgan fingerprint density at radius 3 is 2.37 bits per heavy atom. The highest BCUT2D eigenvalue weighted by molar-refractivity contribution is 6.08. The summed E-state index contributed by atoms with van der Waals surface area (Å²) in [4.78, 5) is 37.6. The highest BCUT2D eigenvalue weighted by Gasteiger charge is 2.17. The molecule has 1 N–H and O–H groups in total. The lowest BCUT2D eigenvalue weighted by atomic mass is 10.1. The van der Waals surface area contributed by atoms with E-state index in [1.54, 1.807) is 38.2 Å². The third-order valence-electron chi connectivity index (χ3n) is 3.79. The number of benzene rings is 2.